The van der Waals surface area contributed by atoms with Crippen molar-refractivity contribution in [2.24, 2.45) is 0 Å². The fourth-order valence-corrected chi connectivity index (χ4v) is 2.63. The molecule has 0 bridgehead atoms. The molecule has 1 aromatic carbocycles. The van der Waals surface area contributed by atoms with Crippen molar-refractivity contribution in [3.8, 4) is 5.75 Å². The monoisotopic (exact) mass is 283 g/mol. The van der Waals surface area contributed by atoms with Crippen LogP contribution in [0.1, 0.15) is 12.0 Å². The molecule has 0 saturated heterocycles. The Bertz CT molecular complexity index is 580. The van der Waals surface area contributed by atoms with E-state index in [0.29, 0.717) is 13.0 Å². The fraction of sp³-hybridized carbons (Fsp3) is 0.385. The number of benzene rings is 1. The van der Waals surface area contributed by atoms with Gasteiger partial charge < -0.3 is 9.64 Å². The van der Waals surface area contributed by atoms with E-state index in [2.05, 4.69) is 0 Å². The Morgan fingerprint density at radius 2 is 2.21 bits per heavy atom. The zero-order chi connectivity index (χ0) is 13.9. The quantitative estimate of drug-likeness (QED) is 0.835. The standard InChI is InChI=1S/C13H17NO4S/c1-18-12-5-6-13-11(10-12)4-2-7-14(13)8-3-9-19(15,16)17/h2,5-7,10H,3-4,8-9H2,1H3,(H,15,16,17). The minimum Gasteiger partial charge on any atom is -0.497 e. The molecular weight excluding hydrogens is 266 g/mol. The number of nitrogens with zero attached hydrogens (tertiary/aromatic N) is 1. The lowest BCUT2D eigenvalue weighted by Gasteiger charge is -2.26. The van der Waals surface area contributed by atoms with E-state index in [1.54, 1.807) is 7.11 Å². The number of hydrogen-bond acceptors (Lipinski definition) is 4. The largest absolute Gasteiger partial charge is 0.497 e. The molecular formula is C13H17NO4S. The first kappa shape index (κ1) is 13.9. The van der Waals surface area contributed by atoms with Gasteiger partial charge in [0.25, 0.3) is 10.1 Å². The van der Waals surface area contributed by atoms with E-state index in [0.717, 1.165) is 23.4 Å². The van der Waals surface area contributed by atoms with Crippen LogP contribution in [0.5, 0.6) is 5.75 Å². The molecule has 1 aliphatic rings. The lowest BCUT2D eigenvalue weighted by Crippen LogP contribution is -2.23. The predicted molar refractivity (Wildman–Crippen MR) is 74.2 cm³/mol. The molecule has 0 aliphatic carbocycles. The highest BCUT2D eigenvalue weighted by molar-refractivity contribution is 7.85. The Morgan fingerprint density at radius 3 is 2.89 bits per heavy atom. The minimum absolute atomic E-state index is 0.219. The van der Waals surface area contributed by atoms with Gasteiger partial charge in [-0.1, -0.05) is 6.08 Å². The molecule has 0 spiro atoms. The molecule has 0 aromatic heterocycles. The van der Waals surface area contributed by atoms with Crippen LogP contribution >= 0.6 is 0 Å². The van der Waals surface area contributed by atoms with Crippen LogP contribution < -0.4 is 9.64 Å². The number of fused-ring (bicyclic) bond motifs is 1. The van der Waals surface area contributed by atoms with Gasteiger partial charge in [0.2, 0.25) is 0 Å². The van der Waals surface area contributed by atoms with Crippen molar-refractivity contribution >= 4 is 15.8 Å². The van der Waals surface area contributed by atoms with Gasteiger partial charge in [-0.05, 0) is 36.6 Å². The van der Waals surface area contributed by atoms with Crippen molar-refractivity contribution < 1.29 is 17.7 Å². The van der Waals surface area contributed by atoms with E-state index in [1.807, 2.05) is 35.4 Å². The van der Waals surface area contributed by atoms with Gasteiger partial charge in [-0.25, -0.2) is 0 Å². The summed E-state index contributed by atoms with van der Waals surface area (Å²) in [6.07, 6.45) is 5.18. The molecule has 0 saturated carbocycles. The van der Waals surface area contributed by atoms with Crippen LogP contribution in [0, 0.1) is 0 Å². The Morgan fingerprint density at radius 1 is 1.42 bits per heavy atom. The molecule has 0 amide bonds. The molecule has 5 nitrogen and oxygen atoms in total. The van der Waals surface area contributed by atoms with Gasteiger partial charge in [-0.15, -0.1) is 0 Å². The molecule has 6 heteroatoms. The molecule has 19 heavy (non-hydrogen) atoms. The smallest absolute Gasteiger partial charge is 0.264 e. The minimum atomic E-state index is -3.88. The van der Waals surface area contributed by atoms with E-state index >= 15 is 0 Å². The second-order valence-electron chi connectivity index (χ2n) is 4.42. The summed E-state index contributed by atoms with van der Waals surface area (Å²) in [4.78, 5) is 1.99. The molecule has 1 heterocycles. The summed E-state index contributed by atoms with van der Waals surface area (Å²) < 4.78 is 35.3. The Kier molecular flexibility index (Phi) is 4.11. The van der Waals surface area contributed by atoms with Crippen LogP contribution in [-0.2, 0) is 16.5 Å². The fourth-order valence-electron chi connectivity index (χ4n) is 2.13. The molecule has 1 aromatic rings. The van der Waals surface area contributed by atoms with Crippen LogP contribution in [0.15, 0.2) is 30.5 Å². The van der Waals surface area contributed by atoms with E-state index in [9.17, 15) is 8.42 Å². The molecule has 104 valence electrons. The zero-order valence-electron chi connectivity index (χ0n) is 10.7. The normalized spacial score (nSPS) is 14.3. The average molecular weight is 283 g/mol. The van der Waals surface area contributed by atoms with Crippen LogP contribution in [0.25, 0.3) is 0 Å². The van der Waals surface area contributed by atoms with Crippen molar-refractivity contribution in [1.82, 2.24) is 0 Å². The van der Waals surface area contributed by atoms with Crippen molar-refractivity contribution in [3.63, 3.8) is 0 Å². The molecule has 0 unspecified atom stereocenters. The van der Waals surface area contributed by atoms with E-state index in [-0.39, 0.29) is 5.75 Å². The van der Waals surface area contributed by atoms with Crippen LogP contribution in [0.3, 0.4) is 0 Å². The van der Waals surface area contributed by atoms with Gasteiger partial charge in [-0.2, -0.15) is 8.42 Å². The summed E-state index contributed by atoms with van der Waals surface area (Å²) in [6.45, 7) is 0.551. The second-order valence-corrected chi connectivity index (χ2v) is 5.99. The van der Waals surface area contributed by atoms with Crippen LogP contribution in [-0.4, -0.2) is 32.4 Å². The third kappa shape index (κ3) is 3.71. The first-order valence-electron chi connectivity index (χ1n) is 6.05. The van der Waals surface area contributed by atoms with Gasteiger partial charge in [-0.3, -0.25) is 4.55 Å². The first-order valence-corrected chi connectivity index (χ1v) is 7.66. The number of rotatable bonds is 5. The molecule has 2 rings (SSSR count). The van der Waals surface area contributed by atoms with E-state index in [4.69, 9.17) is 9.29 Å². The van der Waals surface area contributed by atoms with Gasteiger partial charge in [0.15, 0.2) is 0 Å². The lowest BCUT2D eigenvalue weighted by molar-refractivity contribution is 0.414. The van der Waals surface area contributed by atoms with Gasteiger partial charge in [0.05, 0.1) is 12.9 Å². The van der Waals surface area contributed by atoms with Crippen molar-refractivity contribution in [2.45, 2.75) is 12.8 Å². The number of hydrogen-bond donors (Lipinski definition) is 1. The number of ether oxygens (including phenoxy) is 1. The molecule has 1 N–H and O–H groups in total. The van der Waals surface area contributed by atoms with Gasteiger partial charge in [0, 0.05) is 18.4 Å². The summed E-state index contributed by atoms with van der Waals surface area (Å²) in [7, 11) is -2.25. The maximum atomic E-state index is 10.7. The second kappa shape index (κ2) is 5.63. The van der Waals surface area contributed by atoms with Crippen molar-refractivity contribution in [3.05, 3.63) is 36.0 Å². The van der Waals surface area contributed by atoms with Crippen molar-refractivity contribution in [1.29, 1.82) is 0 Å². The number of methoxy groups -OCH3 is 1. The third-order valence-electron chi connectivity index (χ3n) is 3.02. The topological polar surface area (TPSA) is 66.8 Å². The zero-order valence-corrected chi connectivity index (χ0v) is 11.6. The Balaban J connectivity index is 2.08. The summed E-state index contributed by atoms with van der Waals surface area (Å²) in [6, 6.07) is 5.83. The van der Waals surface area contributed by atoms with Crippen LogP contribution in [0.4, 0.5) is 5.69 Å². The van der Waals surface area contributed by atoms with Gasteiger partial charge in [0.1, 0.15) is 5.75 Å². The highest BCUT2D eigenvalue weighted by atomic mass is 32.2. The molecule has 0 fully saturated rings. The van der Waals surface area contributed by atoms with Crippen molar-refractivity contribution in [2.75, 3.05) is 24.3 Å². The third-order valence-corrected chi connectivity index (χ3v) is 3.83. The van der Waals surface area contributed by atoms with E-state index in [1.165, 1.54) is 0 Å². The molecule has 1 aliphatic heterocycles. The predicted octanol–water partition coefficient (Wildman–Crippen LogP) is 1.85. The average Bonchev–Trinajstić information content (AvgIpc) is 2.37. The summed E-state index contributed by atoms with van der Waals surface area (Å²) in [5.74, 6) is 0.593. The maximum Gasteiger partial charge on any atom is 0.264 e. The lowest BCUT2D eigenvalue weighted by atomic mass is 10.1. The summed E-state index contributed by atoms with van der Waals surface area (Å²) in [5, 5.41) is 0. The highest BCUT2D eigenvalue weighted by Gasteiger charge is 2.14. The molecule has 0 radical (unpaired) electrons. The van der Waals surface area contributed by atoms with E-state index < -0.39 is 10.1 Å². The Labute approximate surface area is 113 Å². The summed E-state index contributed by atoms with van der Waals surface area (Å²) >= 11 is 0. The SMILES string of the molecule is COc1ccc2c(c1)CC=CN2CCCS(=O)(=O)O. The van der Waals surface area contributed by atoms with Gasteiger partial charge >= 0.3 is 0 Å². The summed E-state index contributed by atoms with van der Waals surface area (Å²) in [5.41, 5.74) is 2.20. The van der Waals surface area contributed by atoms with Crippen LogP contribution in [0.2, 0.25) is 0 Å². The highest BCUT2D eigenvalue weighted by Crippen LogP contribution is 2.29. The number of allylic oxidation sites excluding steroid dienone is 1. The molecule has 0 atom stereocenters. The Hall–Kier alpha value is -1.53. The number of anilines is 1. The maximum absolute atomic E-state index is 10.7. The first-order chi connectivity index (χ1) is 8.99.